The molecule has 2 rings (SSSR count). The highest BCUT2D eigenvalue weighted by molar-refractivity contribution is 14.1. The first-order valence-corrected chi connectivity index (χ1v) is 6.55. The van der Waals surface area contributed by atoms with Crippen molar-refractivity contribution in [2.75, 3.05) is 5.32 Å². The summed E-state index contributed by atoms with van der Waals surface area (Å²) in [4.78, 5) is 0. The Hall–Kier alpha value is -0.810. The molecule has 0 radical (unpaired) electrons. The summed E-state index contributed by atoms with van der Waals surface area (Å²) in [6, 6.07) is 12.8. The lowest BCUT2D eigenvalue weighted by molar-refractivity contribution is 0.626. The van der Waals surface area contributed by atoms with E-state index in [0.29, 0.717) is 6.54 Å². The van der Waals surface area contributed by atoms with E-state index in [1.165, 1.54) is 9.64 Å². The van der Waals surface area contributed by atoms with Gasteiger partial charge in [0.15, 0.2) is 0 Å². The highest BCUT2D eigenvalue weighted by Gasteiger charge is 2.04. The molecule has 0 aromatic heterocycles. The van der Waals surface area contributed by atoms with Gasteiger partial charge in [0, 0.05) is 15.8 Å². The van der Waals surface area contributed by atoms with Gasteiger partial charge in [0.05, 0.1) is 5.02 Å². The smallest absolute Gasteiger partial charge is 0.142 e. The van der Waals surface area contributed by atoms with Crippen LogP contribution in [0.1, 0.15) is 5.56 Å². The van der Waals surface area contributed by atoms with Crippen LogP contribution in [0.2, 0.25) is 5.02 Å². The first-order valence-electron chi connectivity index (χ1n) is 5.09. The third-order valence-electron chi connectivity index (χ3n) is 2.36. The molecule has 2 aromatic rings. The monoisotopic (exact) mass is 361 g/mol. The molecular weight excluding hydrogens is 352 g/mol. The predicted molar refractivity (Wildman–Crippen MR) is 77.9 cm³/mol. The summed E-state index contributed by atoms with van der Waals surface area (Å²) in [6.45, 7) is 0.511. The third kappa shape index (κ3) is 3.33. The van der Waals surface area contributed by atoms with E-state index in [4.69, 9.17) is 11.6 Å². The fourth-order valence-electron chi connectivity index (χ4n) is 1.45. The van der Waals surface area contributed by atoms with Crippen LogP contribution in [0.25, 0.3) is 0 Å². The van der Waals surface area contributed by atoms with Crippen LogP contribution >= 0.6 is 34.2 Å². The molecular formula is C13H10ClFIN. The molecule has 0 atom stereocenters. The van der Waals surface area contributed by atoms with Crippen LogP contribution in [-0.2, 0) is 6.54 Å². The quantitative estimate of drug-likeness (QED) is 0.782. The second-order valence-corrected chi connectivity index (χ2v) is 5.20. The lowest BCUT2D eigenvalue weighted by Crippen LogP contribution is -2.00. The summed E-state index contributed by atoms with van der Waals surface area (Å²) in [5.41, 5.74) is 1.75. The molecule has 88 valence electrons. The lowest BCUT2D eigenvalue weighted by atomic mass is 10.2. The third-order valence-corrected chi connectivity index (χ3v) is 3.50. The van der Waals surface area contributed by atoms with Crippen molar-refractivity contribution in [3.63, 3.8) is 0 Å². The van der Waals surface area contributed by atoms with Crippen molar-refractivity contribution in [1.29, 1.82) is 0 Å². The zero-order chi connectivity index (χ0) is 12.3. The molecule has 0 saturated carbocycles. The number of anilines is 1. The van der Waals surface area contributed by atoms with Crippen LogP contribution in [0.5, 0.6) is 0 Å². The molecule has 0 amide bonds. The van der Waals surface area contributed by atoms with Gasteiger partial charge in [0.1, 0.15) is 5.82 Å². The summed E-state index contributed by atoms with van der Waals surface area (Å²) >= 11 is 8.12. The van der Waals surface area contributed by atoms with Crippen LogP contribution < -0.4 is 5.32 Å². The molecule has 4 heteroatoms. The molecule has 0 aliphatic heterocycles. The maximum absolute atomic E-state index is 13.2. The molecule has 0 unspecified atom stereocenters. The summed E-state index contributed by atoms with van der Waals surface area (Å²) in [7, 11) is 0. The standard InChI is InChI=1S/C13H10ClFIN/c14-13-9(2-1-3-12(13)15)8-17-11-6-4-10(16)5-7-11/h1-7,17H,8H2. The molecule has 0 fully saturated rings. The van der Waals surface area contributed by atoms with Gasteiger partial charge in [-0.1, -0.05) is 23.7 Å². The fraction of sp³-hybridized carbons (Fsp3) is 0.0769. The Kier molecular flexibility index (Phi) is 4.23. The molecule has 0 saturated heterocycles. The van der Waals surface area contributed by atoms with E-state index in [9.17, 15) is 4.39 Å². The summed E-state index contributed by atoms with van der Waals surface area (Å²) in [5.74, 6) is -0.381. The van der Waals surface area contributed by atoms with E-state index in [0.717, 1.165) is 11.3 Å². The number of rotatable bonds is 3. The van der Waals surface area contributed by atoms with E-state index in [1.54, 1.807) is 6.07 Å². The minimum absolute atomic E-state index is 0.186. The number of halogens is 3. The molecule has 0 spiro atoms. The van der Waals surface area contributed by atoms with Crippen molar-refractivity contribution >= 4 is 39.9 Å². The molecule has 1 nitrogen and oxygen atoms in total. The van der Waals surface area contributed by atoms with E-state index in [2.05, 4.69) is 27.9 Å². The van der Waals surface area contributed by atoms with Crippen LogP contribution in [-0.4, -0.2) is 0 Å². The van der Waals surface area contributed by atoms with Crippen LogP contribution in [0, 0.1) is 9.39 Å². The van der Waals surface area contributed by atoms with Crippen molar-refractivity contribution in [2.24, 2.45) is 0 Å². The minimum atomic E-state index is -0.381. The fourth-order valence-corrected chi connectivity index (χ4v) is 2.00. The summed E-state index contributed by atoms with van der Waals surface area (Å²) in [5, 5.41) is 3.39. The first kappa shape index (κ1) is 12.6. The van der Waals surface area contributed by atoms with E-state index in [1.807, 2.05) is 30.3 Å². The van der Waals surface area contributed by atoms with Crippen molar-refractivity contribution < 1.29 is 4.39 Å². The van der Waals surface area contributed by atoms with Gasteiger partial charge in [0.25, 0.3) is 0 Å². The maximum Gasteiger partial charge on any atom is 0.142 e. The highest BCUT2D eigenvalue weighted by Crippen LogP contribution is 2.21. The minimum Gasteiger partial charge on any atom is -0.381 e. The van der Waals surface area contributed by atoms with Crippen LogP contribution in [0.4, 0.5) is 10.1 Å². The Labute approximate surface area is 118 Å². The lowest BCUT2D eigenvalue weighted by Gasteiger charge is -2.08. The maximum atomic E-state index is 13.2. The molecule has 17 heavy (non-hydrogen) atoms. The Morgan fingerprint density at radius 1 is 1.12 bits per heavy atom. The van der Waals surface area contributed by atoms with Gasteiger partial charge in [-0.15, -0.1) is 0 Å². The van der Waals surface area contributed by atoms with Crippen molar-refractivity contribution in [2.45, 2.75) is 6.54 Å². The molecule has 2 aromatic carbocycles. The second-order valence-electron chi connectivity index (χ2n) is 3.57. The van der Waals surface area contributed by atoms with Crippen molar-refractivity contribution in [3.8, 4) is 0 Å². The van der Waals surface area contributed by atoms with Gasteiger partial charge in [-0.05, 0) is 58.5 Å². The van der Waals surface area contributed by atoms with Gasteiger partial charge in [-0.25, -0.2) is 4.39 Å². The topological polar surface area (TPSA) is 12.0 Å². The number of hydrogen-bond donors (Lipinski definition) is 1. The normalized spacial score (nSPS) is 10.3. The molecule has 0 aliphatic rings. The van der Waals surface area contributed by atoms with Crippen molar-refractivity contribution in [3.05, 3.63) is 62.4 Å². The van der Waals surface area contributed by atoms with Gasteiger partial charge in [-0.3, -0.25) is 0 Å². The largest absolute Gasteiger partial charge is 0.381 e. The zero-order valence-corrected chi connectivity index (χ0v) is 11.8. The van der Waals surface area contributed by atoms with E-state index in [-0.39, 0.29) is 10.8 Å². The molecule has 0 aliphatic carbocycles. The molecule has 0 heterocycles. The zero-order valence-electron chi connectivity index (χ0n) is 8.88. The average Bonchev–Trinajstić information content (AvgIpc) is 2.33. The Morgan fingerprint density at radius 2 is 1.82 bits per heavy atom. The van der Waals surface area contributed by atoms with Crippen LogP contribution in [0.3, 0.4) is 0 Å². The SMILES string of the molecule is Fc1cccc(CNc2ccc(I)cc2)c1Cl. The van der Waals surface area contributed by atoms with Gasteiger partial charge in [0.2, 0.25) is 0 Å². The highest BCUT2D eigenvalue weighted by atomic mass is 127. The van der Waals surface area contributed by atoms with Crippen LogP contribution in [0.15, 0.2) is 42.5 Å². The van der Waals surface area contributed by atoms with Gasteiger partial charge < -0.3 is 5.32 Å². The summed E-state index contributed by atoms with van der Waals surface area (Å²) < 4.78 is 14.4. The Balaban J connectivity index is 2.07. The average molecular weight is 362 g/mol. The number of benzene rings is 2. The number of hydrogen-bond acceptors (Lipinski definition) is 1. The Bertz CT molecular complexity index is 513. The van der Waals surface area contributed by atoms with Gasteiger partial charge >= 0.3 is 0 Å². The number of nitrogens with one attached hydrogen (secondary N) is 1. The van der Waals surface area contributed by atoms with E-state index >= 15 is 0 Å². The predicted octanol–water partition coefficient (Wildman–Crippen LogP) is 4.70. The first-order chi connectivity index (χ1) is 8.16. The second kappa shape index (κ2) is 5.69. The Morgan fingerprint density at radius 3 is 2.53 bits per heavy atom. The van der Waals surface area contributed by atoms with E-state index < -0.39 is 0 Å². The molecule has 0 bridgehead atoms. The van der Waals surface area contributed by atoms with Gasteiger partial charge in [-0.2, -0.15) is 0 Å². The summed E-state index contributed by atoms with van der Waals surface area (Å²) in [6.07, 6.45) is 0. The van der Waals surface area contributed by atoms with Crippen molar-refractivity contribution in [1.82, 2.24) is 0 Å². The molecule has 1 N–H and O–H groups in total.